The number of nitrogens with zero attached hydrogens (tertiary/aromatic N) is 1. The second-order valence-corrected chi connectivity index (χ2v) is 7.87. The number of pyridine rings is 1. The van der Waals surface area contributed by atoms with E-state index in [9.17, 15) is 4.79 Å². The van der Waals surface area contributed by atoms with Crippen LogP contribution in [0, 0.1) is 0 Å². The highest BCUT2D eigenvalue weighted by atomic mass is 35.5. The van der Waals surface area contributed by atoms with E-state index in [1.807, 2.05) is 36.4 Å². The maximum Gasteiger partial charge on any atom is 0.228 e. The number of nitrogens with two attached hydrogens (primary N) is 1. The fourth-order valence-corrected chi connectivity index (χ4v) is 3.86. The molecule has 1 saturated carbocycles. The fourth-order valence-electron chi connectivity index (χ4n) is 3.15. The van der Waals surface area contributed by atoms with Crippen molar-refractivity contribution in [3.05, 3.63) is 59.2 Å². The van der Waals surface area contributed by atoms with Crippen molar-refractivity contribution < 1.29 is 9.53 Å². The topological polar surface area (TPSA) is 77.2 Å². The summed E-state index contributed by atoms with van der Waals surface area (Å²) in [4.78, 5) is 17.8. The molecule has 0 unspecified atom stereocenters. The molecule has 28 heavy (non-hydrogen) atoms. The van der Waals surface area contributed by atoms with E-state index in [0.29, 0.717) is 16.6 Å². The Morgan fingerprint density at radius 2 is 2.07 bits per heavy atom. The Morgan fingerprint density at radius 1 is 1.25 bits per heavy atom. The third-order valence-electron chi connectivity index (χ3n) is 4.86. The average Bonchev–Trinajstić information content (AvgIpc) is 2.66. The second-order valence-electron chi connectivity index (χ2n) is 6.79. The lowest BCUT2D eigenvalue weighted by molar-refractivity contribution is -0.115. The summed E-state index contributed by atoms with van der Waals surface area (Å²) in [6, 6.07) is 13.0. The fraction of sp³-hybridized carbons (Fsp3) is 0.238. The van der Waals surface area contributed by atoms with Gasteiger partial charge in [0.15, 0.2) is 0 Å². The molecule has 0 spiro atoms. The molecule has 0 bridgehead atoms. The average molecular weight is 414 g/mol. The number of carbonyl (C=O) groups is 1. The van der Waals surface area contributed by atoms with Crippen LogP contribution in [0.1, 0.15) is 24.8 Å². The standard InChI is InChI=1S/C21H20ClN3O2S/c22-18-7-2-1-4-13(18)10-20(26)25-14-11-17-16(19(12-14)28-23)8-9-24-21(17)27-15-5-3-6-15/h1-2,4,7-9,11-12,15H,3,5-6,10,23H2,(H,25,26). The quantitative estimate of drug-likeness (QED) is 0.558. The Bertz CT molecular complexity index is 1020. The van der Waals surface area contributed by atoms with Crippen LogP contribution in [0.2, 0.25) is 5.02 Å². The molecule has 5 nitrogen and oxygen atoms in total. The Labute approximate surface area is 172 Å². The largest absolute Gasteiger partial charge is 0.474 e. The van der Waals surface area contributed by atoms with Crippen molar-refractivity contribution in [2.45, 2.75) is 36.7 Å². The van der Waals surface area contributed by atoms with Gasteiger partial charge in [0.25, 0.3) is 0 Å². The SMILES string of the molecule is NSc1cc(NC(=O)Cc2ccccc2Cl)cc2c(OC3CCC3)nccc12. The molecule has 0 saturated heterocycles. The van der Waals surface area contributed by atoms with E-state index < -0.39 is 0 Å². The van der Waals surface area contributed by atoms with Gasteiger partial charge in [-0.1, -0.05) is 29.8 Å². The van der Waals surface area contributed by atoms with E-state index >= 15 is 0 Å². The molecule has 4 rings (SSSR count). The van der Waals surface area contributed by atoms with E-state index in [1.54, 1.807) is 12.3 Å². The van der Waals surface area contributed by atoms with E-state index in [4.69, 9.17) is 21.5 Å². The smallest absolute Gasteiger partial charge is 0.228 e. The number of hydrogen-bond donors (Lipinski definition) is 2. The van der Waals surface area contributed by atoms with Crippen LogP contribution in [0.5, 0.6) is 5.88 Å². The number of rotatable bonds is 6. The normalized spacial score (nSPS) is 13.9. The number of hydrogen-bond acceptors (Lipinski definition) is 5. The van der Waals surface area contributed by atoms with Crippen molar-refractivity contribution in [3.63, 3.8) is 0 Å². The molecule has 7 heteroatoms. The van der Waals surface area contributed by atoms with Gasteiger partial charge in [-0.15, -0.1) is 0 Å². The summed E-state index contributed by atoms with van der Waals surface area (Å²) in [5.74, 6) is 0.436. The highest BCUT2D eigenvalue weighted by Crippen LogP contribution is 2.35. The monoisotopic (exact) mass is 413 g/mol. The number of carbonyl (C=O) groups excluding carboxylic acids is 1. The Kier molecular flexibility index (Phi) is 5.71. The highest BCUT2D eigenvalue weighted by molar-refractivity contribution is 7.97. The van der Waals surface area contributed by atoms with Crippen LogP contribution in [-0.2, 0) is 11.2 Å². The van der Waals surface area contributed by atoms with Gasteiger partial charge in [-0.2, -0.15) is 0 Å². The van der Waals surface area contributed by atoms with Gasteiger partial charge in [0, 0.05) is 32.6 Å². The second kappa shape index (κ2) is 8.39. The van der Waals surface area contributed by atoms with E-state index in [0.717, 1.165) is 46.0 Å². The number of aromatic nitrogens is 1. The first kappa shape index (κ1) is 19.1. The number of nitrogens with one attached hydrogen (secondary N) is 1. The molecular weight excluding hydrogens is 394 g/mol. The lowest BCUT2D eigenvalue weighted by Crippen LogP contribution is -2.25. The van der Waals surface area contributed by atoms with Crippen molar-refractivity contribution in [3.8, 4) is 5.88 Å². The first-order valence-electron chi connectivity index (χ1n) is 9.13. The third kappa shape index (κ3) is 4.09. The van der Waals surface area contributed by atoms with E-state index in [-0.39, 0.29) is 18.4 Å². The van der Waals surface area contributed by atoms with Crippen molar-refractivity contribution in [1.29, 1.82) is 0 Å². The number of fused-ring (bicyclic) bond motifs is 1. The number of anilines is 1. The molecule has 2 aromatic carbocycles. The number of halogens is 1. The van der Waals surface area contributed by atoms with E-state index in [1.165, 1.54) is 6.42 Å². The molecular formula is C21H20ClN3O2S. The first-order valence-corrected chi connectivity index (χ1v) is 10.4. The molecule has 1 fully saturated rings. The van der Waals surface area contributed by atoms with Crippen LogP contribution in [0.25, 0.3) is 10.8 Å². The zero-order valence-corrected chi connectivity index (χ0v) is 16.7. The maximum absolute atomic E-state index is 12.5. The van der Waals surface area contributed by atoms with Crippen LogP contribution in [0.4, 0.5) is 5.69 Å². The summed E-state index contributed by atoms with van der Waals surface area (Å²) in [7, 11) is 0. The summed E-state index contributed by atoms with van der Waals surface area (Å²) in [6.07, 6.45) is 5.41. The van der Waals surface area contributed by atoms with Crippen LogP contribution < -0.4 is 15.2 Å². The molecule has 0 radical (unpaired) electrons. The van der Waals surface area contributed by atoms with Crippen LogP contribution in [0.3, 0.4) is 0 Å². The minimum Gasteiger partial charge on any atom is -0.474 e. The van der Waals surface area contributed by atoms with Gasteiger partial charge >= 0.3 is 0 Å². The first-order chi connectivity index (χ1) is 13.6. The summed E-state index contributed by atoms with van der Waals surface area (Å²) in [5.41, 5.74) is 1.44. The minimum atomic E-state index is -0.147. The zero-order chi connectivity index (χ0) is 19.5. The minimum absolute atomic E-state index is 0.147. The van der Waals surface area contributed by atoms with Crippen molar-refractivity contribution in [2.75, 3.05) is 5.32 Å². The molecule has 0 atom stereocenters. The molecule has 1 aliphatic rings. The summed E-state index contributed by atoms with van der Waals surface area (Å²) >= 11 is 7.30. The van der Waals surface area contributed by atoms with Gasteiger partial charge in [-0.05, 0) is 61.0 Å². The number of benzene rings is 2. The maximum atomic E-state index is 12.5. The summed E-state index contributed by atoms with van der Waals surface area (Å²) < 4.78 is 6.04. The zero-order valence-electron chi connectivity index (χ0n) is 15.2. The van der Waals surface area contributed by atoms with Gasteiger partial charge in [0.05, 0.1) is 6.42 Å². The predicted octanol–water partition coefficient (Wildman–Crippen LogP) is 4.97. The van der Waals surface area contributed by atoms with Gasteiger partial charge in [-0.25, -0.2) is 4.98 Å². The van der Waals surface area contributed by atoms with Crippen molar-refractivity contribution >= 4 is 45.9 Å². The number of amides is 1. The molecule has 1 aliphatic carbocycles. The lowest BCUT2D eigenvalue weighted by Gasteiger charge is -2.26. The summed E-state index contributed by atoms with van der Waals surface area (Å²) in [6.45, 7) is 0. The molecule has 144 valence electrons. The Balaban J connectivity index is 1.62. The van der Waals surface area contributed by atoms with Gasteiger partial charge in [0.1, 0.15) is 6.10 Å². The molecule has 1 heterocycles. The molecule has 0 aliphatic heterocycles. The van der Waals surface area contributed by atoms with Gasteiger partial charge in [-0.3, -0.25) is 9.93 Å². The summed E-state index contributed by atoms with van der Waals surface area (Å²) in [5, 5.41) is 11.2. The molecule has 1 aromatic heterocycles. The third-order valence-corrected chi connectivity index (χ3v) is 5.82. The van der Waals surface area contributed by atoms with Crippen LogP contribution in [0.15, 0.2) is 53.6 Å². The number of ether oxygens (including phenoxy) is 1. The van der Waals surface area contributed by atoms with Crippen molar-refractivity contribution in [2.24, 2.45) is 5.14 Å². The van der Waals surface area contributed by atoms with Crippen LogP contribution in [-0.4, -0.2) is 17.0 Å². The Hall–Kier alpha value is -2.28. The van der Waals surface area contributed by atoms with Gasteiger partial charge in [0.2, 0.25) is 11.8 Å². The lowest BCUT2D eigenvalue weighted by atomic mass is 9.96. The van der Waals surface area contributed by atoms with Crippen molar-refractivity contribution in [1.82, 2.24) is 4.98 Å². The Morgan fingerprint density at radius 3 is 2.79 bits per heavy atom. The highest BCUT2D eigenvalue weighted by Gasteiger charge is 2.21. The molecule has 1 amide bonds. The molecule has 3 aromatic rings. The van der Waals surface area contributed by atoms with Gasteiger partial charge < -0.3 is 10.1 Å². The van der Waals surface area contributed by atoms with Crippen LogP contribution >= 0.6 is 23.5 Å². The molecule has 3 N–H and O–H groups in total. The van der Waals surface area contributed by atoms with E-state index in [2.05, 4.69) is 10.3 Å². The predicted molar refractivity (Wildman–Crippen MR) is 114 cm³/mol.